The van der Waals surface area contributed by atoms with Crippen LogP contribution in [0.4, 0.5) is 10.1 Å². The van der Waals surface area contributed by atoms with Crippen molar-refractivity contribution in [1.82, 2.24) is 5.32 Å². The highest BCUT2D eigenvalue weighted by Crippen LogP contribution is 2.20. The van der Waals surface area contributed by atoms with Crippen molar-refractivity contribution in [2.24, 2.45) is 5.92 Å². The van der Waals surface area contributed by atoms with Crippen LogP contribution in [0.3, 0.4) is 0 Å². The molecule has 0 saturated heterocycles. The van der Waals surface area contributed by atoms with E-state index in [-0.39, 0.29) is 17.4 Å². The molecule has 1 aromatic carbocycles. The van der Waals surface area contributed by atoms with Crippen LogP contribution < -0.4 is 15.4 Å². The maximum Gasteiger partial charge on any atom is 0.313 e. The van der Waals surface area contributed by atoms with E-state index >= 15 is 0 Å². The molecule has 0 aromatic heterocycles. The Balaban J connectivity index is 2.62. The lowest BCUT2D eigenvalue weighted by Gasteiger charge is -2.09. The van der Waals surface area contributed by atoms with Gasteiger partial charge in [0.05, 0.1) is 6.61 Å². The van der Waals surface area contributed by atoms with Crippen LogP contribution in [0.25, 0.3) is 0 Å². The molecular formula is C14H19FN2O3. The maximum absolute atomic E-state index is 13.6. The lowest BCUT2D eigenvalue weighted by Crippen LogP contribution is -2.37. The Hall–Kier alpha value is -2.11. The Labute approximate surface area is 117 Å². The second-order valence-electron chi connectivity index (χ2n) is 4.64. The van der Waals surface area contributed by atoms with E-state index in [2.05, 4.69) is 10.6 Å². The molecule has 20 heavy (non-hydrogen) atoms. The van der Waals surface area contributed by atoms with Gasteiger partial charge in [0, 0.05) is 18.3 Å². The number of benzene rings is 1. The summed E-state index contributed by atoms with van der Waals surface area (Å²) in [6.07, 6.45) is 0. The van der Waals surface area contributed by atoms with Gasteiger partial charge in [-0.1, -0.05) is 13.8 Å². The van der Waals surface area contributed by atoms with Gasteiger partial charge < -0.3 is 15.4 Å². The Morgan fingerprint density at radius 3 is 2.55 bits per heavy atom. The minimum atomic E-state index is -0.825. The van der Waals surface area contributed by atoms with Gasteiger partial charge in [0.2, 0.25) is 0 Å². The van der Waals surface area contributed by atoms with Crippen LogP contribution in [0.1, 0.15) is 20.8 Å². The van der Waals surface area contributed by atoms with Crippen LogP contribution in [0.2, 0.25) is 0 Å². The minimum absolute atomic E-state index is 0.106. The van der Waals surface area contributed by atoms with Gasteiger partial charge in [0.15, 0.2) is 11.6 Å². The first kappa shape index (κ1) is 15.9. The molecule has 1 rings (SSSR count). The van der Waals surface area contributed by atoms with Crippen molar-refractivity contribution in [3.8, 4) is 5.75 Å². The topological polar surface area (TPSA) is 67.4 Å². The molecule has 2 amide bonds. The highest BCUT2D eigenvalue weighted by atomic mass is 19.1. The van der Waals surface area contributed by atoms with E-state index in [4.69, 9.17) is 4.74 Å². The fraction of sp³-hybridized carbons (Fsp3) is 0.429. The van der Waals surface area contributed by atoms with Gasteiger partial charge >= 0.3 is 11.8 Å². The lowest BCUT2D eigenvalue weighted by atomic mass is 10.2. The number of carbonyl (C=O) groups excluding carboxylic acids is 2. The number of amides is 2. The molecule has 0 aliphatic carbocycles. The summed E-state index contributed by atoms with van der Waals surface area (Å²) in [7, 11) is 0. The molecule has 6 heteroatoms. The van der Waals surface area contributed by atoms with Gasteiger partial charge in [0.25, 0.3) is 0 Å². The van der Waals surface area contributed by atoms with Crippen molar-refractivity contribution in [3.05, 3.63) is 24.0 Å². The molecule has 0 saturated carbocycles. The van der Waals surface area contributed by atoms with Crippen LogP contribution in [0.15, 0.2) is 18.2 Å². The molecule has 5 nitrogen and oxygen atoms in total. The van der Waals surface area contributed by atoms with E-state index in [0.717, 1.165) is 6.07 Å². The van der Waals surface area contributed by atoms with E-state index < -0.39 is 17.6 Å². The summed E-state index contributed by atoms with van der Waals surface area (Å²) in [6, 6.07) is 3.99. The third-order valence-electron chi connectivity index (χ3n) is 2.37. The summed E-state index contributed by atoms with van der Waals surface area (Å²) in [5, 5.41) is 4.81. The normalized spacial score (nSPS) is 10.2. The average molecular weight is 282 g/mol. The number of anilines is 1. The monoisotopic (exact) mass is 282 g/mol. The first-order valence-corrected chi connectivity index (χ1v) is 6.45. The van der Waals surface area contributed by atoms with E-state index in [1.807, 2.05) is 13.8 Å². The first-order valence-electron chi connectivity index (χ1n) is 6.45. The molecule has 0 bridgehead atoms. The number of hydrogen-bond donors (Lipinski definition) is 2. The van der Waals surface area contributed by atoms with Crippen LogP contribution in [0, 0.1) is 11.7 Å². The average Bonchev–Trinajstić information content (AvgIpc) is 2.39. The molecule has 0 aliphatic rings. The van der Waals surface area contributed by atoms with Gasteiger partial charge in [-0.05, 0) is 25.0 Å². The van der Waals surface area contributed by atoms with Crippen LogP contribution in [-0.2, 0) is 9.59 Å². The number of nitrogens with one attached hydrogen (secondary N) is 2. The van der Waals surface area contributed by atoms with E-state index in [9.17, 15) is 14.0 Å². The summed E-state index contributed by atoms with van der Waals surface area (Å²) in [6.45, 7) is 6.33. The molecular weight excluding hydrogens is 263 g/mol. The van der Waals surface area contributed by atoms with Gasteiger partial charge in [0.1, 0.15) is 0 Å². The lowest BCUT2D eigenvalue weighted by molar-refractivity contribution is -0.136. The molecule has 0 radical (unpaired) electrons. The largest absolute Gasteiger partial charge is 0.491 e. The number of rotatable bonds is 5. The van der Waals surface area contributed by atoms with Crippen molar-refractivity contribution in [3.63, 3.8) is 0 Å². The van der Waals surface area contributed by atoms with E-state index in [0.29, 0.717) is 13.2 Å². The van der Waals surface area contributed by atoms with Crippen molar-refractivity contribution in [2.75, 3.05) is 18.5 Å². The Kier molecular flexibility index (Phi) is 5.96. The molecule has 0 fully saturated rings. The number of hydrogen-bond acceptors (Lipinski definition) is 3. The summed E-state index contributed by atoms with van der Waals surface area (Å²) < 4.78 is 18.6. The molecule has 0 aliphatic heterocycles. The summed E-state index contributed by atoms with van der Waals surface area (Å²) >= 11 is 0. The van der Waals surface area contributed by atoms with Crippen molar-refractivity contribution >= 4 is 17.5 Å². The van der Waals surface area contributed by atoms with Gasteiger partial charge in [-0.2, -0.15) is 0 Å². The third kappa shape index (κ3) is 4.87. The number of ether oxygens (including phenoxy) is 1. The molecule has 0 atom stereocenters. The third-order valence-corrected chi connectivity index (χ3v) is 2.37. The molecule has 1 aromatic rings. The SMILES string of the molecule is CCOc1ccc(NC(=O)C(=O)NCC(C)C)cc1F. The van der Waals surface area contributed by atoms with Crippen LogP contribution in [-0.4, -0.2) is 25.0 Å². The summed E-state index contributed by atoms with van der Waals surface area (Å²) in [5.41, 5.74) is 0.204. The smallest absolute Gasteiger partial charge is 0.313 e. The minimum Gasteiger partial charge on any atom is -0.491 e. The van der Waals surface area contributed by atoms with Crippen LogP contribution >= 0.6 is 0 Å². The van der Waals surface area contributed by atoms with Crippen LogP contribution in [0.5, 0.6) is 5.75 Å². The Morgan fingerprint density at radius 2 is 2.00 bits per heavy atom. The first-order chi connectivity index (χ1) is 9.43. The Bertz CT molecular complexity index is 489. The highest BCUT2D eigenvalue weighted by Gasteiger charge is 2.14. The molecule has 0 heterocycles. The maximum atomic E-state index is 13.6. The van der Waals surface area contributed by atoms with Crippen molar-refractivity contribution < 1.29 is 18.7 Å². The predicted octanol–water partition coefficient (Wildman–Crippen LogP) is 1.94. The number of carbonyl (C=O) groups is 2. The van der Waals surface area contributed by atoms with Gasteiger partial charge in [-0.15, -0.1) is 0 Å². The van der Waals surface area contributed by atoms with Crippen molar-refractivity contribution in [1.29, 1.82) is 0 Å². The fourth-order valence-electron chi connectivity index (χ4n) is 1.42. The zero-order valence-corrected chi connectivity index (χ0v) is 11.8. The van der Waals surface area contributed by atoms with Crippen molar-refractivity contribution in [2.45, 2.75) is 20.8 Å². The van der Waals surface area contributed by atoms with E-state index in [1.54, 1.807) is 6.92 Å². The molecule has 2 N–H and O–H groups in total. The van der Waals surface area contributed by atoms with E-state index in [1.165, 1.54) is 12.1 Å². The standard InChI is InChI=1S/C14H19FN2O3/c1-4-20-12-6-5-10(7-11(12)15)17-14(19)13(18)16-8-9(2)3/h5-7,9H,4,8H2,1-3H3,(H,16,18)(H,17,19). The quantitative estimate of drug-likeness (QED) is 0.811. The van der Waals surface area contributed by atoms with Gasteiger partial charge in [-0.3, -0.25) is 9.59 Å². The fourth-order valence-corrected chi connectivity index (χ4v) is 1.42. The molecule has 0 spiro atoms. The zero-order chi connectivity index (χ0) is 15.1. The zero-order valence-electron chi connectivity index (χ0n) is 11.8. The predicted molar refractivity (Wildman–Crippen MR) is 74.0 cm³/mol. The summed E-state index contributed by atoms with van der Waals surface area (Å²) in [4.78, 5) is 23.0. The van der Waals surface area contributed by atoms with Gasteiger partial charge in [-0.25, -0.2) is 4.39 Å². The second kappa shape index (κ2) is 7.47. The molecule has 0 unspecified atom stereocenters. The second-order valence-corrected chi connectivity index (χ2v) is 4.64. The number of halogens is 1. The Morgan fingerprint density at radius 1 is 1.30 bits per heavy atom. The highest BCUT2D eigenvalue weighted by molar-refractivity contribution is 6.39. The molecule has 110 valence electrons. The summed E-state index contributed by atoms with van der Waals surface area (Å²) in [5.74, 6) is -1.81.